The van der Waals surface area contributed by atoms with Crippen LogP contribution in [0.4, 0.5) is 0 Å². The SMILES string of the molecule is CCOC1CCOC2(C1)CN(S(=O)(=O)c1cccnc1)C2. The molecule has 1 aromatic heterocycles. The highest BCUT2D eigenvalue weighted by Crippen LogP contribution is 2.38. The van der Waals surface area contributed by atoms with Crippen LogP contribution < -0.4 is 0 Å². The summed E-state index contributed by atoms with van der Waals surface area (Å²) in [7, 11) is -3.46. The van der Waals surface area contributed by atoms with Gasteiger partial charge in [0.2, 0.25) is 10.0 Å². The van der Waals surface area contributed by atoms with E-state index in [1.165, 1.54) is 10.5 Å². The number of pyridine rings is 1. The summed E-state index contributed by atoms with van der Waals surface area (Å²) in [6.07, 6.45) is 4.76. The van der Waals surface area contributed by atoms with Crippen LogP contribution in [0.15, 0.2) is 29.4 Å². The molecule has 21 heavy (non-hydrogen) atoms. The van der Waals surface area contributed by atoms with Crippen LogP contribution in [0.25, 0.3) is 0 Å². The zero-order valence-corrected chi connectivity index (χ0v) is 12.9. The van der Waals surface area contributed by atoms with Crippen molar-refractivity contribution in [3.8, 4) is 0 Å². The minimum absolute atomic E-state index is 0.173. The third kappa shape index (κ3) is 2.83. The Morgan fingerprint density at radius 1 is 1.52 bits per heavy atom. The van der Waals surface area contributed by atoms with Crippen LogP contribution in [0, 0.1) is 0 Å². The van der Waals surface area contributed by atoms with Crippen molar-refractivity contribution in [2.24, 2.45) is 0 Å². The molecular weight excluding hydrogens is 292 g/mol. The van der Waals surface area contributed by atoms with Crippen molar-refractivity contribution >= 4 is 10.0 Å². The summed E-state index contributed by atoms with van der Waals surface area (Å²) in [6.45, 7) is 4.08. The first-order valence-corrected chi connectivity index (χ1v) is 8.65. The van der Waals surface area contributed by atoms with Gasteiger partial charge in [0.25, 0.3) is 0 Å². The first kappa shape index (κ1) is 14.9. The van der Waals surface area contributed by atoms with E-state index in [1.54, 1.807) is 18.3 Å². The maximum atomic E-state index is 12.4. The lowest BCUT2D eigenvalue weighted by molar-refractivity contribution is -0.177. The molecule has 6 nitrogen and oxygen atoms in total. The molecule has 0 radical (unpaired) electrons. The molecule has 1 spiro atoms. The highest BCUT2D eigenvalue weighted by atomic mass is 32.2. The predicted octanol–water partition coefficient (Wildman–Crippen LogP) is 1.04. The van der Waals surface area contributed by atoms with E-state index in [0.29, 0.717) is 26.3 Å². The Bertz CT molecular complexity index is 582. The Morgan fingerprint density at radius 3 is 3.00 bits per heavy atom. The molecule has 0 bridgehead atoms. The Morgan fingerprint density at radius 2 is 2.33 bits per heavy atom. The molecule has 1 atom stereocenters. The minimum Gasteiger partial charge on any atom is -0.378 e. The molecule has 0 N–H and O–H groups in total. The number of sulfonamides is 1. The van der Waals surface area contributed by atoms with Gasteiger partial charge in [0.15, 0.2) is 0 Å². The van der Waals surface area contributed by atoms with Gasteiger partial charge in [-0.25, -0.2) is 8.42 Å². The van der Waals surface area contributed by atoms with Gasteiger partial charge in [0.1, 0.15) is 4.90 Å². The first-order chi connectivity index (χ1) is 10.1. The molecule has 7 heteroatoms. The summed E-state index contributed by atoms with van der Waals surface area (Å²) in [5.41, 5.74) is -0.368. The van der Waals surface area contributed by atoms with E-state index in [9.17, 15) is 8.42 Å². The molecule has 0 amide bonds. The molecule has 2 saturated heterocycles. The highest BCUT2D eigenvalue weighted by molar-refractivity contribution is 7.89. The number of aromatic nitrogens is 1. The third-order valence-electron chi connectivity index (χ3n) is 4.05. The van der Waals surface area contributed by atoms with Crippen LogP contribution in [-0.2, 0) is 19.5 Å². The number of hydrogen-bond acceptors (Lipinski definition) is 5. The second-order valence-corrected chi connectivity index (χ2v) is 7.50. The van der Waals surface area contributed by atoms with Crippen LogP contribution in [0.2, 0.25) is 0 Å². The van der Waals surface area contributed by atoms with Crippen LogP contribution in [0.5, 0.6) is 0 Å². The lowest BCUT2D eigenvalue weighted by Gasteiger charge is -2.52. The number of ether oxygens (including phenoxy) is 2. The minimum atomic E-state index is -3.46. The monoisotopic (exact) mass is 312 g/mol. The smallest absolute Gasteiger partial charge is 0.244 e. The van der Waals surface area contributed by atoms with Crippen molar-refractivity contribution in [2.45, 2.75) is 36.4 Å². The second kappa shape index (κ2) is 5.64. The normalized spacial score (nSPS) is 25.7. The van der Waals surface area contributed by atoms with Gasteiger partial charge in [0, 0.05) is 45.1 Å². The van der Waals surface area contributed by atoms with E-state index in [-0.39, 0.29) is 16.6 Å². The van der Waals surface area contributed by atoms with Gasteiger partial charge in [0.05, 0.1) is 11.7 Å². The molecule has 0 aromatic carbocycles. The van der Waals surface area contributed by atoms with Gasteiger partial charge >= 0.3 is 0 Å². The van der Waals surface area contributed by atoms with Crippen molar-refractivity contribution in [3.63, 3.8) is 0 Å². The lowest BCUT2D eigenvalue weighted by atomic mass is 9.86. The number of nitrogens with zero attached hydrogens (tertiary/aromatic N) is 2. The van der Waals surface area contributed by atoms with Crippen LogP contribution in [0.3, 0.4) is 0 Å². The van der Waals surface area contributed by atoms with Gasteiger partial charge in [-0.05, 0) is 25.5 Å². The standard InChI is InChI=1S/C14H20N2O4S/c1-2-19-12-5-7-20-14(8-12)10-16(11-14)21(17,18)13-4-3-6-15-9-13/h3-4,6,9,12H,2,5,7-8,10-11H2,1H3. The fraction of sp³-hybridized carbons (Fsp3) is 0.643. The first-order valence-electron chi connectivity index (χ1n) is 7.21. The maximum absolute atomic E-state index is 12.4. The molecule has 1 aromatic rings. The zero-order chi connectivity index (χ0) is 14.9. The van der Waals surface area contributed by atoms with Crippen molar-refractivity contribution in [1.29, 1.82) is 0 Å². The van der Waals surface area contributed by atoms with Crippen molar-refractivity contribution < 1.29 is 17.9 Å². The van der Waals surface area contributed by atoms with E-state index >= 15 is 0 Å². The Labute approximate surface area is 125 Å². The maximum Gasteiger partial charge on any atom is 0.244 e. The number of rotatable bonds is 4. The molecule has 0 aliphatic carbocycles. The van der Waals surface area contributed by atoms with Gasteiger partial charge in [-0.15, -0.1) is 0 Å². The Kier molecular flexibility index (Phi) is 4.00. The summed E-state index contributed by atoms with van der Waals surface area (Å²) < 4.78 is 37.8. The second-order valence-electron chi connectivity index (χ2n) is 5.56. The van der Waals surface area contributed by atoms with Crippen molar-refractivity contribution in [1.82, 2.24) is 9.29 Å². The van der Waals surface area contributed by atoms with E-state index in [1.807, 2.05) is 6.92 Å². The molecule has 2 aliphatic heterocycles. The van der Waals surface area contributed by atoms with Gasteiger partial charge in [-0.2, -0.15) is 4.31 Å². The summed E-state index contributed by atoms with van der Waals surface area (Å²) in [5.74, 6) is 0. The third-order valence-corrected chi connectivity index (χ3v) is 5.83. The fourth-order valence-electron chi connectivity index (χ4n) is 3.00. The van der Waals surface area contributed by atoms with Crippen LogP contribution in [0.1, 0.15) is 19.8 Å². The molecule has 116 valence electrons. The molecule has 0 saturated carbocycles. The Balaban J connectivity index is 1.67. The average Bonchev–Trinajstić information content (AvgIpc) is 2.46. The van der Waals surface area contributed by atoms with Crippen molar-refractivity contribution in [3.05, 3.63) is 24.5 Å². The van der Waals surface area contributed by atoms with E-state index in [2.05, 4.69) is 4.98 Å². The predicted molar refractivity (Wildman–Crippen MR) is 76.3 cm³/mol. The summed E-state index contributed by atoms with van der Waals surface area (Å²) in [5, 5.41) is 0. The largest absolute Gasteiger partial charge is 0.378 e. The lowest BCUT2D eigenvalue weighted by Crippen LogP contribution is -2.67. The molecule has 3 rings (SSSR count). The molecule has 1 unspecified atom stereocenters. The zero-order valence-electron chi connectivity index (χ0n) is 12.1. The molecule has 3 heterocycles. The topological polar surface area (TPSA) is 68.7 Å². The van der Waals surface area contributed by atoms with E-state index in [0.717, 1.165) is 12.8 Å². The fourth-order valence-corrected chi connectivity index (χ4v) is 4.55. The summed E-state index contributed by atoms with van der Waals surface area (Å²) in [4.78, 5) is 4.11. The average molecular weight is 312 g/mol. The molecule has 2 fully saturated rings. The summed E-state index contributed by atoms with van der Waals surface area (Å²) in [6, 6.07) is 3.20. The quantitative estimate of drug-likeness (QED) is 0.831. The summed E-state index contributed by atoms with van der Waals surface area (Å²) >= 11 is 0. The van der Waals surface area contributed by atoms with Crippen LogP contribution in [-0.4, -0.2) is 55.7 Å². The number of hydrogen-bond donors (Lipinski definition) is 0. The highest BCUT2D eigenvalue weighted by Gasteiger charge is 2.52. The van der Waals surface area contributed by atoms with Gasteiger partial charge in [-0.1, -0.05) is 0 Å². The van der Waals surface area contributed by atoms with E-state index in [4.69, 9.17) is 9.47 Å². The van der Waals surface area contributed by atoms with Crippen LogP contribution >= 0.6 is 0 Å². The van der Waals surface area contributed by atoms with Gasteiger partial charge < -0.3 is 9.47 Å². The van der Waals surface area contributed by atoms with E-state index < -0.39 is 10.0 Å². The molecular formula is C14H20N2O4S. The van der Waals surface area contributed by atoms with Gasteiger partial charge in [-0.3, -0.25) is 4.98 Å². The van der Waals surface area contributed by atoms with Crippen molar-refractivity contribution in [2.75, 3.05) is 26.3 Å². The Hall–Kier alpha value is -1.02. The molecule has 2 aliphatic rings.